The van der Waals surface area contributed by atoms with E-state index in [4.69, 9.17) is 0 Å². The van der Waals surface area contributed by atoms with Crippen LogP contribution in [0.15, 0.2) is 24.5 Å². The van der Waals surface area contributed by atoms with Gasteiger partial charge in [-0.3, -0.25) is 9.78 Å². The van der Waals surface area contributed by atoms with E-state index in [1.165, 1.54) is 12.3 Å². The van der Waals surface area contributed by atoms with Crippen LogP contribution in [0, 0.1) is 6.92 Å². The Morgan fingerprint density at radius 3 is 2.61 bits per heavy atom. The fourth-order valence-corrected chi connectivity index (χ4v) is 2.10. The van der Waals surface area contributed by atoms with Crippen molar-refractivity contribution >= 4 is 17.1 Å². The van der Waals surface area contributed by atoms with E-state index in [0.29, 0.717) is 17.0 Å². The van der Waals surface area contributed by atoms with Gasteiger partial charge in [-0.2, -0.15) is 13.2 Å². The van der Waals surface area contributed by atoms with Crippen LogP contribution in [0.3, 0.4) is 0 Å². The molecular formula is C11H7F3N2OS. The molecule has 3 nitrogen and oxygen atoms in total. The van der Waals surface area contributed by atoms with Crippen LogP contribution in [0.2, 0.25) is 0 Å². The fourth-order valence-electron chi connectivity index (χ4n) is 1.37. The van der Waals surface area contributed by atoms with Crippen molar-refractivity contribution in [3.05, 3.63) is 45.7 Å². The molecule has 0 radical (unpaired) electrons. The lowest BCUT2D eigenvalue weighted by Crippen LogP contribution is -2.03. The third kappa shape index (κ3) is 2.40. The van der Waals surface area contributed by atoms with Crippen molar-refractivity contribution in [3.63, 3.8) is 0 Å². The van der Waals surface area contributed by atoms with Gasteiger partial charge in [0.05, 0.1) is 4.88 Å². The highest BCUT2D eigenvalue weighted by Gasteiger charge is 2.35. The quantitative estimate of drug-likeness (QED) is 0.789. The van der Waals surface area contributed by atoms with Crippen LogP contribution >= 0.6 is 11.3 Å². The van der Waals surface area contributed by atoms with Crippen molar-refractivity contribution in [3.8, 4) is 0 Å². The first-order valence-electron chi connectivity index (χ1n) is 4.89. The molecule has 18 heavy (non-hydrogen) atoms. The number of nitrogens with zero attached hydrogens (tertiary/aromatic N) is 2. The monoisotopic (exact) mass is 272 g/mol. The van der Waals surface area contributed by atoms with Crippen LogP contribution in [-0.2, 0) is 6.18 Å². The summed E-state index contributed by atoms with van der Waals surface area (Å²) >= 11 is 0.338. The van der Waals surface area contributed by atoms with Crippen LogP contribution in [0.4, 0.5) is 13.2 Å². The number of hydrogen-bond donors (Lipinski definition) is 0. The molecule has 2 aromatic heterocycles. The summed E-state index contributed by atoms with van der Waals surface area (Å²) in [4.78, 5) is 19.1. The molecule has 0 aliphatic carbocycles. The second kappa shape index (κ2) is 4.49. The molecule has 7 heteroatoms. The topological polar surface area (TPSA) is 42.9 Å². The number of pyridine rings is 1. The summed E-state index contributed by atoms with van der Waals surface area (Å²) < 4.78 is 37.1. The first kappa shape index (κ1) is 12.7. The second-order valence-corrected chi connectivity index (χ2v) is 4.52. The number of aromatic nitrogens is 2. The molecule has 2 aromatic rings. The lowest BCUT2D eigenvalue weighted by molar-refractivity contribution is -0.137. The predicted octanol–water partition coefficient (Wildman–Crippen LogP) is 3.10. The zero-order chi connectivity index (χ0) is 13.3. The van der Waals surface area contributed by atoms with Crippen molar-refractivity contribution in [2.75, 3.05) is 0 Å². The van der Waals surface area contributed by atoms with Crippen molar-refractivity contribution in [1.82, 2.24) is 9.97 Å². The van der Waals surface area contributed by atoms with E-state index in [1.54, 1.807) is 13.0 Å². The molecule has 0 spiro atoms. The average Bonchev–Trinajstić information content (AvgIpc) is 2.77. The molecule has 0 saturated heterocycles. The maximum absolute atomic E-state index is 12.4. The van der Waals surface area contributed by atoms with Crippen molar-refractivity contribution < 1.29 is 18.0 Å². The smallest absolute Gasteiger partial charge is 0.288 e. The summed E-state index contributed by atoms with van der Waals surface area (Å²) in [6, 6.07) is 3.09. The van der Waals surface area contributed by atoms with Crippen LogP contribution in [0.25, 0.3) is 0 Å². The van der Waals surface area contributed by atoms with Crippen molar-refractivity contribution in [2.45, 2.75) is 13.1 Å². The van der Waals surface area contributed by atoms with Gasteiger partial charge in [0, 0.05) is 23.7 Å². The number of ketones is 1. The van der Waals surface area contributed by atoms with Crippen LogP contribution < -0.4 is 0 Å². The second-order valence-electron chi connectivity index (χ2n) is 3.49. The Balaban J connectivity index is 2.36. The molecule has 0 aliphatic rings. The van der Waals surface area contributed by atoms with E-state index in [2.05, 4.69) is 9.97 Å². The summed E-state index contributed by atoms with van der Waals surface area (Å²) in [7, 11) is 0. The molecule has 0 unspecified atom stereocenters. The van der Waals surface area contributed by atoms with Gasteiger partial charge in [-0.05, 0) is 19.1 Å². The van der Waals surface area contributed by atoms with Gasteiger partial charge in [0.15, 0.2) is 5.01 Å². The van der Waals surface area contributed by atoms with Gasteiger partial charge in [0.25, 0.3) is 0 Å². The number of carbonyl (C=O) groups is 1. The van der Waals surface area contributed by atoms with E-state index < -0.39 is 17.0 Å². The lowest BCUT2D eigenvalue weighted by atomic mass is 10.1. The molecule has 0 atom stereocenters. The summed E-state index contributed by atoms with van der Waals surface area (Å²) in [6.45, 7) is 1.62. The predicted molar refractivity (Wildman–Crippen MR) is 59.5 cm³/mol. The highest BCUT2D eigenvalue weighted by molar-refractivity contribution is 7.14. The van der Waals surface area contributed by atoms with Crippen molar-refractivity contribution in [2.24, 2.45) is 0 Å². The number of aryl methyl sites for hydroxylation is 1. The molecule has 0 aromatic carbocycles. The molecule has 0 N–H and O–H groups in total. The molecule has 0 amide bonds. The third-order valence-corrected chi connectivity index (χ3v) is 3.26. The van der Waals surface area contributed by atoms with Gasteiger partial charge >= 0.3 is 6.18 Å². The molecule has 2 heterocycles. The zero-order valence-corrected chi connectivity index (χ0v) is 9.97. The van der Waals surface area contributed by atoms with Crippen LogP contribution in [0.1, 0.15) is 25.9 Å². The van der Waals surface area contributed by atoms with E-state index in [0.717, 1.165) is 6.20 Å². The van der Waals surface area contributed by atoms with Gasteiger partial charge in [0.2, 0.25) is 5.78 Å². The number of carbonyl (C=O) groups excluding carboxylic acids is 1. The molecule has 2 rings (SSSR count). The van der Waals surface area contributed by atoms with Gasteiger partial charge < -0.3 is 0 Å². The summed E-state index contributed by atoms with van der Waals surface area (Å²) in [5.74, 6) is -0.492. The zero-order valence-electron chi connectivity index (χ0n) is 9.15. The van der Waals surface area contributed by atoms with Crippen LogP contribution in [-0.4, -0.2) is 15.8 Å². The SMILES string of the molecule is Cc1ncccc1C(=O)c1cnc(C(F)(F)F)s1. The normalized spacial score (nSPS) is 11.6. The van der Waals surface area contributed by atoms with Crippen molar-refractivity contribution in [1.29, 1.82) is 0 Å². The summed E-state index contributed by atoms with van der Waals surface area (Å²) in [5.41, 5.74) is 0.763. The molecular weight excluding hydrogens is 265 g/mol. The Morgan fingerprint density at radius 2 is 2.06 bits per heavy atom. The van der Waals surface area contributed by atoms with E-state index >= 15 is 0 Å². The highest BCUT2D eigenvalue weighted by Crippen LogP contribution is 2.33. The standard InChI is InChI=1S/C11H7F3N2OS/c1-6-7(3-2-4-15-6)9(17)8-5-16-10(18-8)11(12,13)14/h2-5H,1H3. The molecule has 0 bridgehead atoms. The molecule has 0 saturated carbocycles. The van der Waals surface area contributed by atoms with Gasteiger partial charge in [-0.25, -0.2) is 4.98 Å². The highest BCUT2D eigenvalue weighted by atomic mass is 32.1. The molecule has 0 fully saturated rings. The minimum Gasteiger partial charge on any atom is -0.288 e. The number of rotatable bonds is 2. The Hall–Kier alpha value is -1.76. The first-order valence-corrected chi connectivity index (χ1v) is 5.70. The minimum absolute atomic E-state index is 0.0431. The Kier molecular flexibility index (Phi) is 3.16. The first-order chi connectivity index (χ1) is 8.39. The number of halogens is 3. The Bertz CT molecular complexity index is 592. The van der Waals surface area contributed by atoms with Crippen LogP contribution in [0.5, 0.6) is 0 Å². The number of hydrogen-bond acceptors (Lipinski definition) is 4. The number of alkyl halides is 3. The third-order valence-electron chi connectivity index (χ3n) is 2.22. The lowest BCUT2D eigenvalue weighted by Gasteiger charge is -2.01. The maximum atomic E-state index is 12.4. The Labute approximate surface area is 104 Å². The largest absolute Gasteiger partial charge is 0.443 e. The molecule has 0 aliphatic heterocycles. The van der Waals surface area contributed by atoms with E-state index in [1.807, 2.05) is 0 Å². The van der Waals surface area contributed by atoms with Gasteiger partial charge in [-0.15, -0.1) is 11.3 Å². The summed E-state index contributed by atoms with van der Waals surface area (Å²) in [6.07, 6.45) is -2.06. The minimum atomic E-state index is -4.52. The van der Waals surface area contributed by atoms with Gasteiger partial charge in [0.1, 0.15) is 0 Å². The van der Waals surface area contributed by atoms with E-state index in [-0.39, 0.29) is 10.4 Å². The summed E-state index contributed by atoms with van der Waals surface area (Å²) in [5, 5.41) is -1.02. The maximum Gasteiger partial charge on any atom is 0.443 e. The van der Waals surface area contributed by atoms with Gasteiger partial charge in [-0.1, -0.05) is 0 Å². The molecule has 94 valence electrons. The fraction of sp³-hybridized carbons (Fsp3) is 0.182. The van der Waals surface area contributed by atoms with E-state index in [9.17, 15) is 18.0 Å². The average molecular weight is 272 g/mol. The Morgan fingerprint density at radius 1 is 1.33 bits per heavy atom. The number of thiazole rings is 1.